The zero-order valence-corrected chi connectivity index (χ0v) is 12.3. The van der Waals surface area contributed by atoms with E-state index in [1.165, 1.54) is 6.07 Å². The summed E-state index contributed by atoms with van der Waals surface area (Å²) < 4.78 is 19.3. The smallest absolute Gasteiger partial charge is 0.412 e. The lowest BCUT2D eigenvalue weighted by Crippen LogP contribution is -2.28. The zero-order valence-electron chi connectivity index (χ0n) is 12.3. The number of hydrogen-bond acceptors (Lipinski definition) is 3. The van der Waals surface area contributed by atoms with Crippen LogP contribution < -0.4 is 10.6 Å². The van der Waals surface area contributed by atoms with Gasteiger partial charge in [-0.1, -0.05) is 6.07 Å². The lowest BCUT2D eigenvalue weighted by molar-refractivity contribution is 0.0636. The first-order valence-electron chi connectivity index (χ1n) is 6.75. The highest BCUT2D eigenvalue weighted by Crippen LogP contribution is 2.46. The van der Waals surface area contributed by atoms with Crippen LogP contribution in [0.4, 0.5) is 14.9 Å². The molecular weight excluding hydrogens is 259 g/mol. The molecule has 1 aromatic carbocycles. The summed E-state index contributed by atoms with van der Waals surface area (Å²) in [7, 11) is 1.83. The van der Waals surface area contributed by atoms with Crippen LogP contribution in [0, 0.1) is 5.82 Å². The van der Waals surface area contributed by atoms with Crippen LogP contribution in [-0.4, -0.2) is 18.7 Å². The van der Waals surface area contributed by atoms with Crippen molar-refractivity contribution in [2.45, 2.75) is 44.8 Å². The van der Waals surface area contributed by atoms with Crippen molar-refractivity contribution in [2.75, 3.05) is 12.4 Å². The van der Waals surface area contributed by atoms with E-state index in [0.717, 1.165) is 12.8 Å². The molecule has 2 N–H and O–H groups in total. The highest BCUT2D eigenvalue weighted by Gasteiger charge is 2.44. The Kier molecular flexibility index (Phi) is 3.73. The van der Waals surface area contributed by atoms with Gasteiger partial charge in [-0.15, -0.1) is 0 Å². The SMILES string of the molecule is CNC1(c2ccc(NC(=O)OC(C)(C)C)cc2F)CC1. The molecule has 20 heavy (non-hydrogen) atoms. The van der Waals surface area contributed by atoms with Gasteiger partial charge in [0.15, 0.2) is 0 Å². The third-order valence-corrected chi connectivity index (χ3v) is 3.36. The molecule has 1 fully saturated rings. The normalized spacial score (nSPS) is 16.6. The van der Waals surface area contributed by atoms with E-state index in [0.29, 0.717) is 11.3 Å². The van der Waals surface area contributed by atoms with Gasteiger partial charge in [0.2, 0.25) is 0 Å². The molecule has 1 amide bonds. The largest absolute Gasteiger partial charge is 0.444 e. The molecule has 0 spiro atoms. The maximum atomic E-state index is 14.1. The molecule has 5 heteroatoms. The predicted molar refractivity (Wildman–Crippen MR) is 76.2 cm³/mol. The molecule has 0 bridgehead atoms. The van der Waals surface area contributed by atoms with Crippen LogP contribution >= 0.6 is 0 Å². The maximum absolute atomic E-state index is 14.1. The molecule has 1 aromatic rings. The van der Waals surface area contributed by atoms with Gasteiger partial charge in [0, 0.05) is 16.8 Å². The van der Waals surface area contributed by atoms with Gasteiger partial charge in [-0.3, -0.25) is 5.32 Å². The van der Waals surface area contributed by atoms with Crippen LogP contribution in [0.3, 0.4) is 0 Å². The topological polar surface area (TPSA) is 50.4 Å². The summed E-state index contributed by atoms with van der Waals surface area (Å²) in [6, 6.07) is 4.74. The fourth-order valence-corrected chi connectivity index (χ4v) is 2.18. The number of halogens is 1. The number of amides is 1. The third-order valence-electron chi connectivity index (χ3n) is 3.36. The van der Waals surface area contributed by atoms with Gasteiger partial charge in [0.25, 0.3) is 0 Å². The van der Waals surface area contributed by atoms with Crippen LogP contribution in [0.15, 0.2) is 18.2 Å². The summed E-state index contributed by atoms with van der Waals surface area (Å²) in [6.45, 7) is 5.33. The Hall–Kier alpha value is -1.62. The van der Waals surface area contributed by atoms with Gasteiger partial charge in [-0.25, -0.2) is 9.18 Å². The van der Waals surface area contributed by atoms with Crippen molar-refractivity contribution in [3.8, 4) is 0 Å². The molecule has 0 atom stereocenters. The molecule has 0 aromatic heterocycles. The Morgan fingerprint density at radius 1 is 1.35 bits per heavy atom. The first-order valence-corrected chi connectivity index (χ1v) is 6.75. The van der Waals surface area contributed by atoms with Crippen molar-refractivity contribution in [1.82, 2.24) is 5.32 Å². The van der Waals surface area contributed by atoms with E-state index in [1.54, 1.807) is 32.9 Å². The highest BCUT2D eigenvalue weighted by atomic mass is 19.1. The number of nitrogens with one attached hydrogen (secondary N) is 2. The van der Waals surface area contributed by atoms with E-state index >= 15 is 0 Å². The Labute approximate surface area is 118 Å². The first kappa shape index (κ1) is 14.8. The van der Waals surface area contributed by atoms with E-state index in [2.05, 4.69) is 10.6 Å². The van der Waals surface area contributed by atoms with Crippen molar-refractivity contribution in [3.63, 3.8) is 0 Å². The Morgan fingerprint density at radius 2 is 2.00 bits per heavy atom. The minimum absolute atomic E-state index is 0.228. The molecule has 0 saturated heterocycles. The summed E-state index contributed by atoms with van der Waals surface area (Å²) in [5, 5.41) is 5.68. The van der Waals surface area contributed by atoms with Gasteiger partial charge >= 0.3 is 6.09 Å². The maximum Gasteiger partial charge on any atom is 0.412 e. The van der Waals surface area contributed by atoms with Crippen LogP contribution in [0.2, 0.25) is 0 Å². The standard InChI is InChI=1S/C15H21FN2O2/c1-14(2,3)20-13(19)18-10-5-6-11(12(16)9-10)15(17-4)7-8-15/h5-6,9,17H,7-8H2,1-4H3,(H,18,19). The van der Waals surface area contributed by atoms with E-state index in [9.17, 15) is 9.18 Å². The Morgan fingerprint density at radius 3 is 2.45 bits per heavy atom. The van der Waals surface area contributed by atoms with Crippen molar-refractivity contribution < 1.29 is 13.9 Å². The molecule has 1 aliphatic rings. The number of carbonyl (C=O) groups is 1. The molecule has 1 aliphatic carbocycles. The summed E-state index contributed by atoms with van der Waals surface area (Å²) in [5.41, 5.74) is 0.239. The first-order chi connectivity index (χ1) is 9.26. The quantitative estimate of drug-likeness (QED) is 0.892. The molecular formula is C15H21FN2O2. The van der Waals surface area contributed by atoms with Crippen LogP contribution in [0.25, 0.3) is 0 Å². The summed E-state index contributed by atoms with van der Waals surface area (Å²) in [5.74, 6) is -0.314. The van der Waals surface area contributed by atoms with Gasteiger partial charge in [0.1, 0.15) is 11.4 Å². The number of ether oxygens (including phenoxy) is 1. The molecule has 0 heterocycles. The third kappa shape index (κ3) is 3.28. The lowest BCUT2D eigenvalue weighted by atomic mass is 10.0. The fraction of sp³-hybridized carbons (Fsp3) is 0.533. The fourth-order valence-electron chi connectivity index (χ4n) is 2.18. The molecule has 0 aliphatic heterocycles. The molecule has 0 radical (unpaired) electrons. The summed E-state index contributed by atoms with van der Waals surface area (Å²) >= 11 is 0. The monoisotopic (exact) mass is 280 g/mol. The average molecular weight is 280 g/mol. The van der Waals surface area contributed by atoms with Gasteiger partial charge in [0.05, 0.1) is 0 Å². The minimum atomic E-state index is -0.584. The van der Waals surface area contributed by atoms with E-state index in [4.69, 9.17) is 4.74 Å². The number of rotatable bonds is 3. The van der Waals surface area contributed by atoms with Gasteiger partial charge in [-0.05, 0) is 52.8 Å². The lowest BCUT2D eigenvalue weighted by Gasteiger charge is -2.20. The van der Waals surface area contributed by atoms with Crippen LogP contribution in [-0.2, 0) is 10.3 Å². The average Bonchev–Trinajstić information content (AvgIpc) is 3.07. The van der Waals surface area contributed by atoms with Crippen molar-refractivity contribution in [3.05, 3.63) is 29.6 Å². The number of carbonyl (C=O) groups excluding carboxylic acids is 1. The highest BCUT2D eigenvalue weighted by molar-refractivity contribution is 5.84. The van der Waals surface area contributed by atoms with Crippen LogP contribution in [0.1, 0.15) is 39.2 Å². The van der Waals surface area contributed by atoms with Crippen molar-refractivity contribution in [2.24, 2.45) is 0 Å². The molecule has 0 unspecified atom stereocenters. The second-order valence-electron chi connectivity index (χ2n) is 6.15. The Balaban J connectivity index is 2.08. The van der Waals surface area contributed by atoms with E-state index < -0.39 is 11.7 Å². The number of hydrogen-bond donors (Lipinski definition) is 2. The molecule has 1 saturated carbocycles. The number of benzene rings is 1. The minimum Gasteiger partial charge on any atom is -0.444 e. The van der Waals surface area contributed by atoms with Gasteiger partial charge < -0.3 is 10.1 Å². The van der Waals surface area contributed by atoms with Crippen molar-refractivity contribution >= 4 is 11.8 Å². The van der Waals surface area contributed by atoms with E-state index in [1.807, 2.05) is 7.05 Å². The second-order valence-corrected chi connectivity index (χ2v) is 6.15. The molecule has 4 nitrogen and oxygen atoms in total. The summed E-state index contributed by atoms with van der Waals surface area (Å²) in [4.78, 5) is 11.6. The predicted octanol–water partition coefficient (Wildman–Crippen LogP) is 3.38. The van der Waals surface area contributed by atoms with Crippen LogP contribution in [0.5, 0.6) is 0 Å². The molecule has 110 valence electrons. The van der Waals surface area contributed by atoms with E-state index in [-0.39, 0.29) is 11.4 Å². The summed E-state index contributed by atoms with van der Waals surface area (Å²) in [6.07, 6.45) is 1.28. The molecule has 2 rings (SSSR count). The van der Waals surface area contributed by atoms with Crippen molar-refractivity contribution in [1.29, 1.82) is 0 Å². The second kappa shape index (κ2) is 5.05. The zero-order chi connectivity index (χ0) is 15.0. The Bertz CT molecular complexity index is 519. The number of anilines is 1. The van der Waals surface area contributed by atoms with Gasteiger partial charge in [-0.2, -0.15) is 0 Å².